The maximum Gasteiger partial charge on any atom is 0.247 e. The number of nitrogens with one attached hydrogen (secondary N) is 1. The number of carbonyl (C=O) groups excluding carboxylic acids is 1. The second-order valence-corrected chi connectivity index (χ2v) is 6.12. The van der Waals surface area contributed by atoms with E-state index in [1.165, 1.54) is 0 Å². The molecule has 3 N–H and O–H groups in total. The fraction of sp³-hybridized carbons (Fsp3) is 0.857. The highest BCUT2D eigenvalue weighted by molar-refractivity contribution is 7.80. The van der Waals surface area contributed by atoms with Crippen molar-refractivity contribution >= 4 is 23.1 Å². The number of nitrogens with zero attached hydrogens (tertiary/aromatic N) is 2. The molecule has 116 valence electrons. The fourth-order valence-electron chi connectivity index (χ4n) is 2.73. The lowest BCUT2D eigenvalue weighted by Gasteiger charge is -2.37. The molecule has 1 heterocycles. The van der Waals surface area contributed by atoms with Gasteiger partial charge in [0.25, 0.3) is 0 Å². The summed E-state index contributed by atoms with van der Waals surface area (Å²) in [6.07, 6.45) is 3.23. The number of carbonyl (C=O) groups is 1. The third kappa shape index (κ3) is 4.14. The summed E-state index contributed by atoms with van der Waals surface area (Å²) in [7, 11) is 2.09. The van der Waals surface area contributed by atoms with E-state index in [4.69, 9.17) is 18.0 Å². The van der Waals surface area contributed by atoms with Crippen molar-refractivity contribution in [1.29, 1.82) is 0 Å². The number of amides is 1. The number of piperazine rings is 1. The van der Waals surface area contributed by atoms with Crippen molar-refractivity contribution in [3.8, 4) is 0 Å². The summed E-state index contributed by atoms with van der Waals surface area (Å²) in [5.41, 5.74) is 8.26. The van der Waals surface area contributed by atoms with Gasteiger partial charge >= 0.3 is 0 Å². The Kier molecular flexibility index (Phi) is 6.85. The van der Waals surface area contributed by atoms with E-state index >= 15 is 0 Å². The number of thiocarbonyl (C=S) groups is 1. The summed E-state index contributed by atoms with van der Waals surface area (Å²) in [4.78, 5) is 15.3. The van der Waals surface area contributed by atoms with Crippen molar-refractivity contribution in [2.45, 2.75) is 39.5 Å². The largest absolute Gasteiger partial charge is 0.392 e. The predicted molar refractivity (Wildman–Crippen MR) is 86.2 cm³/mol. The number of hydrogen-bond acceptors (Lipinski definition) is 4. The third-order valence-corrected chi connectivity index (χ3v) is 4.41. The minimum Gasteiger partial charge on any atom is -0.392 e. The molecule has 6 heteroatoms. The highest BCUT2D eigenvalue weighted by atomic mass is 32.1. The molecule has 0 radical (unpaired) electrons. The Bertz CT molecular complexity index is 334. The van der Waals surface area contributed by atoms with Gasteiger partial charge in [-0.3, -0.25) is 10.2 Å². The molecule has 0 saturated carbocycles. The highest BCUT2D eigenvalue weighted by Gasteiger charge is 2.40. The first-order valence-corrected chi connectivity index (χ1v) is 7.91. The summed E-state index contributed by atoms with van der Waals surface area (Å²) in [6.45, 7) is 7.73. The van der Waals surface area contributed by atoms with Gasteiger partial charge < -0.3 is 10.6 Å². The molecule has 0 aromatic rings. The summed E-state index contributed by atoms with van der Waals surface area (Å²) in [5.74, 6) is -0.0294. The fourth-order valence-corrected chi connectivity index (χ4v) is 3.03. The maximum absolute atomic E-state index is 12.7. The van der Waals surface area contributed by atoms with Gasteiger partial charge in [0.05, 0.1) is 4.99 Å². The van der Waals surface area contributed by atoms with Gasteiger partial charge in [0.1, 0.15) is 5.41 Å². The quantitative estimate of drug-likeness (QED) is 0.690. The Morgan fingerprint density at radius 2 is 1.70 bits per heavy atom. The Balaban J connectivity index is 2.74. The molecule has 1 rings (SSSR count). The number of hydrogen-bond donors (Lipinski definition) is 2. The standard InChI is InChI=1S/C14H28N4OS/c1-4-6-14(7-5-2,12(15)20)13(19)16-18-10-8-17(3)9-11-18/h4-11H2,1-3H3,(H2,15,20)(H,16,19). The minimum absolute atomic E-state index is 0.0294. The van der Waals surface area contributed by atoms with Crippen LogP contribution in [0.25, 0.3) is 0 Å². The van der Waals surface area contributed by atoms with Gasteiger partial charge in [-0.15, -0.1) is 0 Å². The lowest BCUT2D eigenvalue weighted by Crippen LogP contribution is -2.58. The van der Waals surface area contributed by atoms with Crippen LogP contribution in [0.3, 0.4) is 0 Å². The zero-order valence-corrected chi connectivity index (χ0v) is 13.8. The SMILES string of the molecule is CCCC(CCC)(C(=O)NN1CCN(C)CC1)C(N)=S. The van der Waals surface area contributed by atoms with Crippen LogP contribution in [0.4, 0.5) is 0 Å². The maximum atomic E-state index is 12.7. The first-order chi connectivity index (χ1) is 9.46. The average molecular weight is 300 g/mol. The van der Waals surface area contributed by atoms with E-state index in [1.54, 1.807) is 0 Å². The predicted octanol–water partition coefficient (Wildman–Crippen LogP) is 1.14. The summed E-state index contributed by atoms with van der Waals surface area (Å²) < 4.78 is 0. The molecule has 0 aliphatic carbocycles. The normalized spacial score (nSPS) is 17.9. The van der Waals surface area contributed by atoms with E-state index in [-0.39, 0.29) is 5.91 Å². The van der Waals surface area contributed by atoms with Gasteiger partial charge in [0, 0.05) is 26.2 Å². The minimum atomic E-state index is -0.692. The first kappa shape index (κ1) is 17.3. The van der Waals surface area contributed by atoms with Crippen LogP contribution in [0, 0.1) is 5.41 Å². The van der Waals surface area contributed by atoms with Crippen molar-refractivity contribution in [3.05, 3.63) is 0 Å². The monoisotopic (exact) mass is 300 g/mol. The molecule has 0 aromatic carbocycles. The molecule has 1 fully saturated rings. The van der Waals surface area contributed by atoms with Crippen molar-refractivity contribution in [1.82, 2.24) is 15.3 Å². The van der Waals surface area contributed by atoms with E-state index in [1.807, 2.05) is 5.01 Å². The summed E-state index contributed by atoms with van der Waals surface area (Å²) >= 11 is 5.21. The van der Waals surface area contributed by atoms with Crippen molar-refractivity contribution in [3.63, 3.8) is 0 Å². The van der Waals surface area contributed by atoms with Crippen LogP contribution in [0.1, 0.15) is 39.5 Å². The molecule has 1 aliphatic rings. The summed E-state index contributed by atoms with van der Waals surface area (Å²) in [5, 5.41) is 1.99. The van der Waals surface area contributed by atoms with Crippen LogP contribution < -0.4 is 11.2 Å². The Morgan fingerprint density at radius 1 is 1.20 bits per heavy atom. The van der Waals surface area contributed by atoms with Gasteiger partial charge in [0.2, 0.25) is 5.91 Å². The molecule has 1 amide bonds. The molecule has 1 saturated heterocycles. The van der Waals surface area contributed by atoms with Crippen LogP contribution in [0.15, 0.2) is 0 Å². The Morgan fingerprint density at radius 3 is 2.10 bits per heavy atom. The van der Waals surface area contributed by atoms with E-state index < -0.39 is 5.41 Å². The number of hydrazine groups is 1. The lowest BCUT2D eigenvalue weighted by atomic mass is 9.78. The molecule has 5 nitrogen and oxygen atoms in total. The molecular formula is C14H28N4OS. The van der Waals surface area contributed by atoms with Crippen LogP contribution in [-0.4, -0.2) is 54.0 Å². The van der Waals surface area contributed by atoms with Gasteiger partial charge in [-0.05, 0) is 19.9 Å². The molecule has 0 unspecified atom stereocenters. The average Bonchev–Trinajstić information content (AvgIpc) is 2.40. The van der Waals surface area contributed by atoms with E-state index in [0.29, 0.717) is 4.99 Å². The van der Waals surface area contributed by atoms with Crippen molar-refractivity contribution < 1.29 is 4.79 Å². The van der Waals surface area contributed by atoms with Crippen molar-refractivity contribution in [2.24, 2.45) is 11.1 Å². The van der Waals surface area contributed by atoms with Gasteiger partial charge in [-0.25, -0.2) is 5.01 Å². The zero-order chi connectivity index (χ0) is 15.2. The van der Waals surface area contributed by atoms with E-state index in [2.05, 4.69) is 31.2 Å². The zero-order valence-electron chi connectivity index (χ0n) is 12.9. The topological polar surface area (TPSA) is 61.6 Å². The van der Waals surface area contributed by atoms with Gasteiger partial charge in [-0.2, -0.15) is 0 Å². The Labute approximate surface area is 127 Å². The van der Waals surface area contributed by atoms with E-state index in [9.17, 15) is 4.79 Å². The number of likely N-dealkylation sites (N-methyl/N-ethyl adjacent to an activating group) is 1. The van der Waals surface area contributed by atoms with Crippen LogP contribution in [0.2, 0.25) is 0 Å². The molecule has 0 aromatic heterocycles. The molecule has 0 bridgehead atoms. The first-order valence-electron chi connectivity index (χ1n) is 7.50. The summed E-state index contributed by atoms with van der Waals surface area (Å²) in [6, 6.07) is 0. The van der Waals surface area contributed by atoms with Crippen LogP contribution in [-0.2, 0) is 4.79 Å². The molecule has 0 spiro atoms. The molecule has 0 atom stereocenters. The molecule has 20 heavy (non-hydrogen) atoms. The molecular weight excluding hydrogens is 272 g/mol. The van der Waals surface area contributed by atoms with Crippen LogP contribution in [0.5, 0.6) is 0 Å². The highest BCUT2D eigenvalue weighted by Crippen LogP contribution is 2.31. The third-order valence-electron chi connectivity index (χ3n) is 4.02. The van der Waals surface area contributed by atoms with Gasteiger partial charge in [0.15, 0.2) is 0 Å². The smallest absolute Gasteiger partial charge is 0.247 e. The molecule has 1 aliphatic heterocycles. The lowest BCUT2D eigenvalue weighted by molar-refractivity contribution is -0.134. The Hall–Kier alpha value is -0.720. The second-order valence-electron chi connectivity index (χ2n) is 5.68. The van der Waals surface area contributed by atoms with Crippen LogP contribution >= 0.6 is 12.2 Å². The number of nitrogens with two attached hydrogens (primary N) is 1. The van der Waals surface area contributed by atoms with E-state index in [0.717, 1.165) is 51.9 Å². The van der Waals surface area contributed by atoms with Crippen molar-refractivity contribution in [2.75, 3.05) is 33.2 Å². The second kappa shape index (κ2) is 7.90. The number of rotatable bonds is 7. The van der Waals surface area contributed by atoms with Gasteiger partial charge in [-0.1, -0.05) is 38.9 Å².